The van der Waals surface area contributed by atoms with Gasteiger partial charge in [-0.1, -0.05) is 0 Å². The van der Waals surface area contributed by atoms with Gasteiger partial charge < -0.3 is 4.57 Å². The van der Waals surface area contributed by atoms with Gasteiger partial charge in [0.1, 0.15) is 16.2 Å². The maximum Gasteiger partial charge on any atom is 0.123 e. The van der Waals surface area contributed by atoms with Crippen LogP contribution < -0.4 is 0 Å². The van der Waals surface area contributed by atoms with Gasteiger partial charge in [0.05, 0.1) is 0 Å². The zero-order valence-electron chi connectivity index (χ0n) is 8.46. The molecule has 0 N–H and O–H groups in total. The van der Waals surface area contributed by atoms with Gasteiger partial charge >= 0.3 is 0 Å². The largest absolute Gasteiger partial charge is 0.317 e. The van der Waals surface area contributed by atoms with E-state index in [4.69, 9.17) is 0 Å². The van der Waals surface area contributed by atoms with Crippen LogP contribution in [-0.2, 0) is 0 Å². The van der Waals surface area contributed by atoms with E-state index in [1.807, 2.05) is 0 Å². The van der Waals surface area contributed by atoms with Crippen LogP contribution in [0.4, 0.5) is 0 Å². The van der Waals surface area contributed by atoms with Crippen LogP contribution in [0.5, 0.6) is 0 Å². The molecule has 0 aliphatic heterocycles. The number of thiophene rings is 1. The van der Waals surface area contributed by atoms with Crippen molar-refractivity contribution in [2.24, 2.45) is 0 Å². The standard InChI is InChI=1S/C10H14N2S/c1-6(2)12-8(4)11-9-7(3)5-13-10(9)12/h5-6H,1-4H3. The monoisotopic (exact) mass is 194 g/mol. The predicted molar refractivity (Wildman–Crippen MR) is 57.5 cm³/mol. The minimum atomic E-state index is 0.503. The molecule has 2 rings (SSSR count). The second-order valence-corrected chi connectivity index (χ2v) is 4.55. The van der Waals surface area contributed by atoms with Crippen LogP contribution in [0.2, 0.25) is 0 Å². The maximum atomic E-state index is 4.57. The second-order valence-electron chi connectivity index (χ2n) is 3.70. The van der Waals surface area contributed by atoms with E-state index in [0.29, 0.717) is 6.04 Å². The fourth-order valence-corrected chi connectivity index (χ4v) is 2.88. The Morgan fingerprint density at radius 1 is 1.38 bits per heavy atom. The second kappa shape index (κ2) is 2.84. The Hall–Kier alpha value is -0.830. The molecule has 2 aromatic rings. The van der Waals surface area contributed by atoms with Crippen molar-refractivity contribution in [3.63, 3.8) is 0 Å². The number of imidazole rings is 1. The molecular formula is C10H14N2S. The lowest BCUT2D eigenvalue weighted by atomic mass is 10.3. The summed E-state index contributed by atoms with van der Waals surface area (Å²) in [6.45, 7) is 8.59. The zero-order valence-corrected chi connectivity index (χ0v) is 9.27. The third kappa shape index (κ3) is 1.18. The minimum absolute atomic E-state index is 0.503. The van der Waals surface area contributed by atoms with Crippen LogP contribution in [0.25, 0.3) is 10.3 Å². The summed E-state index contributed by atoms with van der Waals surface area (Å²) in [5, 5.41) is 2.18. The Labute approximate surface area is 82.2 Å². The Kier molecular flexibility index (Phi) is 1.91. The minimum Gasteiger partial charge on any atom is -0.317 e. The van der Waals surface area contributed by atoms with E-state index in [9.17, 15) is 0 Å². The van der Waals surface area contributed by atoms with Gasteiger partial charge in [-0.3, -0.25) is 0 Å². The molecule has 70 valence electrons. The first-order chi connectivity index (χ1) is 6.11. The molecular weight excluding hydrogens is 180 g/mol. The van der Waals surface area contributed by atoms with Crippen molar-refractivity contribution >= 4 is 21.7 Å². The van der Waals surface area contributed by atoms with Gasteiger partial charge in [0, 0.05) is 6.04 Å². The van der Waals surface area contributed by atoms with Crippen LogP contribution in [0.15, 0.2) is 5.38 Å². The van der Waals surface area contributed by atoms with Crippen molar-refractivity contribution in [2.45, 2.75) is 33.7 Å². The average Bonchev–Trinajstić information content (AvgIpc) is 2.51. The van der Waals surface area contributed by atoms with Gasteiger partial charge in [-0.05, 0) is 38.6 Å². The lowest BCUT2D eigenvalue weighted by molar-refractivity contribution is 0.602. The van der Waals surface area contributed by atoms with Crippen LogP contribution in [-0.4, -0.2) is 9.55 Å². The molecule has 0 radical (unpaired) electrons. The number of hydrogen-bond acceptors (Lipinski definition) is 2. The lowest BCUT2D eigenvalue weighted by Gasteiger charge is -2.08. The van der Waals surface area contributed by atoms with E-state index >= 15 is 0 Å². The Bertz CT molecular complexity index is 437. The zero-order chi connectivity index (χ0) is 9.59. The molecule has 0 amide bonds. The highest BCUT2D eigenvalue weighted by Crippen LogP contribution is 2.28. The number of aromatic nitrogens is 2. The molecule has 0 aromatic carbocycles. The molecule has 0 spiro atoms. The molecule has 0 saturated carbocycles. The number of rotatable bonds is 1. The Morgan fingerprint density at radius 3 is 2.69 bits per heavy atom. The summed E-state index contributed by atoms with van der Waals surface area (Å²) in [4.78, 5) is 5.88. The quantitative estimate of drug-likeness (QED) is 0.681. The molecule has 0 atom stereocenters. The fraction of sp³-hybridized carbons (Fsp3) is 0.500. The SMILES string of the molecule is Cc1csc2c1nc(C)n2C(C)C. The molecule has 0 bridgehead atoms. The van der Waals surface area contributed by atoms with Gasteiger partial charge in [-0.2, -0.15) is 0 Å². The lowest BCUT2D eigenvalue weighted by Crippen LogP contribution is -2.01. The van der Waals surface area contributed by atoms with Crippen molar-refractivity contribution in [3.8, 4) is 0 Å². The molecule has 0 saturated heterocycles. The third-order valence-electron chi connectivity index (χ3n) is 2.28. The first-order valence-electron chi connectivity index (χ1n) is 4.54. The number of fused-ring (bicyclic) bond motifs is 1. The van der Waals surface area contributed by atoms with Gasteiger partial charge in [0.15, 0.2) is 0 Å². The highest BCUT2D eigenvalue weighted by atomic mass is 32.1. The topological polar surface area (TPSA) is 17.8 Å². The van der Waals surface area contributed by atoms with Gasteiger partial charge in [-0.25, -0.2) is 4.98 Å². The highest BCUT2D eigenvalue weighted by molar-refractivity contribution is 7.17. The van der Waals surface area contributed by atoms with Crippen LogP contribution in [0.3, 0.4) is 0 Å². The molecule has 0 aliphatic carbocycles. The van der Waals surface area contributed by atoms with E-state index in [1.54, 1.807) is 11.3 Å². The van der Waals surface area contributed by atoms with E-state index in [2.05, 4.69) is 42.6 Å². The van der Waals surface area contributed by atoms with Gasteiger partial charge in [0.25, 0.3) is 0 Å². The maximum absolute atomic E-state index is 4.57. The molecule has 13 heavy (non-hydrogen) atoms. The van der Waals surface area contributed by atoms with Crippen molar-refractivity contribution in [1.29, 1.82) is 0 Å². The van der Waals surface area contributed by atoms with Crippen LogP contribution >= 0.6 is 11.3 Å². The molecule has 2 nitrogen and oxygen atoms in total. The van der Waals surface area contributed by atoms with Crippen LogP contribution in [0, 0.1) is 13.8 Å². The number of hydrogen-bond donors (Lipinski definition) is 0. The summed E-state index contributed by atoms with van der Waals surface area (Å²) < 4.78 is 2.30. The third-order valence-corrected chi connectivity index (χ3v) is 3.37. The predicted octanol–water partition coefficient (Wildman–Crippen LogP) is 3.30. The molecule has 2 heterocycles. The normalized spacial score (nSPS) is 11.8. The molecule has 2 aromatic heterocycles. The van der Waals surface area contributed by atoms with E-state index < -0.39 is 0 Å². The van der Waals surface area contributed by atoms with E-state index in [-0.39, 0.29) is 0 Å². The molecule has 0 aliphatic rings. The number of aryl methyl sites for hydroxylation is 2. The van der Waals surface area contributed by atoms with Crippen molar-refractivity contribution in [2.75, 3.05) is 0 Å². The summed E-state index contributed by atoms with van der Waals surface area (Å²) in [6, 6.07) is 0.503. The smallest absolute Gasteiger partial charge is 0.123 e. The molecule has 0 unspecified atom stereocenters. The summed E-state index contributed by atoms with van der Waals surface area (Å²) in [6.07, 6.45) is 0. The average molecular weight is 194 g/mol. The van der Waals surface area contributed by atoms with Gasteiger partial charge in [-0.15, -0.1) is 11.3 Å². The summed E-state index contributed by atoms with van der Waals surface area (Å²) in [5.41, 5.74) is 2.47. The Morgan fingerprint density at radius 2 is 2.08 bits per heavy atom. The summed E-state index contributed by atoms with van der Waals surface area (Å²) >= 11 is 1.79. The fourth-order valence-electron chi connectivity index (χ4n) is 1.70. The summed E-state index contributed by atoms with van der Waals surface area (Å²) in [5.74, 6) is 1.12. The summed E-state index contributed by atoms with van der Waals surface area (Å²) in [7, 11) is 0. The van der Waals surface area contributed by atoms with Crippen molar-refractivity contribution in [3.05, 3.63) is 16.8 Å². The molecule has 3 heteroatoms. The van der Waals surface area contributed by atoms with Crippen LogP contribution in [0.1, 0.15) is 31.3 Å². The first kappa shape index (κ1) is 8.75. The van der Waals surface area contributed by atoms with E-state index in [1.165, 1.54) is 15.9 Å². The first-order valence-corrected chi connectivity index (χ1v) is 5.42. The van der Waals surface area contributed by atoms with Crippen molar-refractivity contribution in [1.82, 2.24) is 9.55 Å². The van der Waals surface area contributed by atoms with Gasteiger partial charge in [0.2, 0.25) is 0 Å². The van der Waals surface area contributed by atoms with E-state index in [0.717, 1.165) is 5.82 Å². The van der Waals surface area contributed by atoms with Crippen molar-refractivity contribution < 1.29 is 0 Å². The Balaban J connectivity index is 2.79. The molecule has 0 fully saturated rings. The highest BCUT2D eigenvalue weighted by Gasteiger charge is 2.12. The number of nitrogens with zero attached hydrogens (tertiary/aromatic N) is 2.